The van der Waals surface area contributed by atoms with E-state index in [0.29, 0.717) is 12.8 Å². The molecule has 0 unspecified atom stereocenters. The fourth-order valence-corrected chi connectivity index (χ4v) is 1.39. The Kier molecular flexibility index (Phi) is 5.96. The number of carbonyl (C=O) groups is 1. The van der Waals surface area contributed by atoms with E-state index in [1.54, 1.807) is 20.8 Å². The minimum Gasteiger partial charge on any atom is -0.460 e. The third-order valence-electron chi connectivity index (χ3n) is 1.49. The highest BCUT2D eigenvalue weighted by atomic mass is 32.2. The average Bonchev–Trinajstić information content (AvgIpc) is 1.97. The van der Waals surface area contributed by atoms with Gasteiger partial charge >= 0.3 is 5.97 Å². The monoisotopic (exact) mass is 252 g/mol. The van der Waals surface area contributed by atoms with Crippen LogP contribution in [0.1, 0.15) is 40.0 Å². The lowest BCUT2D eigenvalue weighted by atomic mass is 10.2. The van der Waals surface area contributed by atoms with Crippen LogP contribution in [0, 0.1) is 0 Å². The molecule has 0 saturated carbocycles. The summed E-state index contributed by atoms with van der Waals surface area (Å²) >= 11 is 0. The number of carbonyl (C=O) groups excluding carboxylic acids is 1. The molecule has 0 radical (unpaired) electrons. The van der Waals surface area contributed by atoms with Crippen LogP contribution < -0.4 is 0 Å². The SMILES string of the molecule is CC(C)(C)OC(=O)CCCCOS(C)(=O)=O. The summed E-state index contributed by atoms with van der Waals surface area (Å²) in [5, 5.41) is 0. The Morgan fingerprint density at radius 1 is 1.19 bits per heavy atom. The summed E-state index contributed by atoms with van der Waals surface area (Å²) in [5.74, 6) is -0.271. The van der Waals surface area contributed by atoms with E-state index in [1.165, 1.54) is 0 Å². The highest BCUT2D eigenvalue weighted by Gasteiger charge is 2.15. The van der Waals surface area contributed by atoms with E-state index in [4.69, 9.17) is 4.74 Å². The van der Waals surface area contributed by atoms with Crippen molar-refractivity contribution in [1.29, 1.82) is 0 Å². The minimum atomic E-state index is -3.37. The third kappa shape index (κ3) is 11.5. The van der Waals surface area contributed by atoms with Gasteiger partial charge in [-0.25, -0.2) is 0 Å². The van der Waals surface area contributed by atoms with Crippen molar-refractivity contribution in [1.82, 2.24) is 0 Å². The number of esters is 1. The van der Waals surface area contributed by atoms with Crippen LogP contribution in [-0.4, -0.2) is 32.9 Å². The van der Waals surface area contributed by atoms with Crippen LogP contribution in [0.15, 0.2) is 0 Å². The van der Waals surface area contributed by atoms with E-state index < -0.39 is 15.7 Å². The Labute approximate surface area is 97.2 Å². The van der Waals surface area contributed by atoms with Crippen LogP contribution in [0.25, 0.3) is 0 Å². The standard InChI is InChI=1S/C10H20O5S/c1-10(2,3)15-9(11)7-5-6-8-14-16(4,12)13/h5-8H2,1-4H3. The molecule has 0 saturated heterocycles. The van der Waals surface area contributed by atoms with Crippen LogP contribution in [-0.2, 0) is 23.8 Å². The Balaban J connectivity index is 3.57. The topological polar surface area (TPSA) is 69.7 Å². The maximum absolute atomic E-state index is 11.2. The average molecular weight is 252 g/mol. The molecule has 0 N–H and O–H groups in total. The first kappa shape index (κ1) is 15.4. The van der Waals surface area contributed by atoms with E-state index in [-0.39, 0.29) is 19.0 Å². The fourth-order valence-electron chi connectivity index (χ4n) is 0.974. The zero-order valence-corrected chi connectivity index (χ0v) is 11.1. The summed E-state index contributed by atoms with van der Waals surface area (Å²) in [7, 11) is -3.37. The van der Waals surface area contributed by atoms with E-state index in [1.807, 2.05) is 0 Å². The summed E-state index contributed by atoms with van der Waals surface area (Å²) in [4.78, 5) is 11.2. The number of rotatable bonds is 6. The molecule has 96 valence electrons. The first-order chi connectivity index (χ1) is 7.10. The molecule has 0 aliphatic carbocycles. The molecule has 0 aliphatic rings. The van der Waals surface area contributed by atoms with Gasteiger partial charge in [0.2, 0.25) is 0 Å². The normalized spacial score (nSPS) is 12.5. The van der Waals surface area contributed by atoms with Gasteiger partial charge in [-0.3, -0.25) is 8.98 Å². The van der Waals surface area contributed by atoms with Crippen LogP contribution >= 0.6 is 0 Å². The molecule has 0 aliphatic heterocycles. The lowest BCUT2D eigenvalue weighted by Crippen LogP contribution is -2.23. The van der Waals surface area contributed by atoms with Gasteiger partial charge in [0.25, 0.3) is 10.1 Å². The molecule has 0 atom stereocenters. The van der Waals surface area contributed by atoms with Gasteiger partial charge in [-0.05, 0) is 33.6 Å². The van der Waals surface area contributed by atoms with Crippen molar-refractivity contribution < 1.29 is 22.1 Å². The molecule has 0 fully saturated rings. The zero-order chi connectivity index (χ0) is 12.8. The highest BCUT2D eigenvalue weighted by Crippen LogP contribution is 2.09. The largest absolute Gasteiger partial charge is 0.460 e. The predicted molar refractivity (Wildman–Crippen MR) is 60.5 cm³/mol. The van der Waals surface area contributed by atoms with Gasteiger partial charge in [0.1, 0.15) is 5.60 Å². The second-order valence-corrected chi connectivity index (χ2v) is 6.21. The van der Waals surface area contributed by atoms with Crippen molar-refractivity contribution in [3.8, 4) is 0 Å². The Morgan fingerprint density at radius 2 is 1.75 bits per heavy atom. The third-order valence-corrected chi connectivity index (χ3v) is 2.09. The maximum atomic E-state index is 11.2. The number of ether oxygens (including phenoxy) is 1. The molecule has 0 aromatic rings. The van der Waals surface area contributed by atoms with Gasteiger partial charge in [-0.2, -0.15) is 8.42 Å². The summed E-state index contributed by atoms with van der Waals surface area (Å²) in [6.45, 7) is 5.52. The number of hydrogen-bond donors (Lipinski definition) is 0. The molecule has 5 nitrogen and oxygen atoms in total. The molecule has 0 amide bonds. The summed E-state index contributed by atoms with van der Waals surface area (Å²) in [6, 6.07) is 0. The zero-order valence-electron chi connectivity index (χ0n) is 10.3. The van der Waals surface area contributed by atoms with Crippen molar-refractivity contribution in [2.45, 2.75) is 45.6 Å². The van der Waals surface area contributed by atoms with Gasteiger partial charge < -0.3 is 4.74 Å². The fraction of sp³-hybridized carbons (Fsp3) is 0.900. The van der Waals surface area contributed by atoms with E-state index in [0.717, 1.165) is 6.26 Å². The van der Waals surface area contributed by atoms with Crippen molar-refractivity contribution in [3.05, 3.63) is 0 Å². The van der Waals surface area contributed by atoms with Gasteiger partial charge in [-0.15, -0.1) is 0 Å². The molecular weight excluding hydrogens is 232 g/mol. The quantitative estimate of drug-likeness (QED) is 0.407. The summed E-state index contributed by atoms with van der Waals surface area (Å²) in [6.07, 6.45) is 2.36. The van der Waals surface area contributed by atoms with Crippen LogP contribution in [0.3, 0.4) is 0 Å². The Morgan fingerprint density at radius 3 is 2.19 bits per heavy atom. The number of hydrogen-bond acceptors (Lipinski definition) is 5. The molecule has 0 rings (SSSR count). The summed E-state index contributed by atoms with van der Waals surface area (Å²) in [5.41, 5.74) is -0.472. The van der Waals surface area contributed by atoms with Crippen LogP contribution in [0.5, 0.6) is 0 Å². The van der Waals surface area contributed by atoms with Gasteiger partial charge in [0.05, 0.1) is 12.9 Å². The van der Waals surface area contributed by atoms with E-state index in [9.17, 15) is 13.2 Å². The Bertz CT molecular complexity index is 313. The van der Waals surface area contributed by atoms with Crippen molar-refractivity contribution >= 4 is 16.1 Å². The lowest BCUT2D eigenvalue weighted by molar-refractivity contribution is -0.154. The second kappa shape index (κ2) is 6.20. The number of unbranched alkanes of at least 4 members (excludes halogenated alkanes) is 1. The van der Waals surface area contributed by atoms with E-state index >= 15 is 0 Å². The van der Waals surface area contributed by atoms with Crippen molar-refractivity contribution in [3.63, 3.8) is 0 Å². The van der Waals surface area contributed by atoms with E-state index in [2.05, 4.69) is 4.18 Å². The molecule has 0 spiro atoms. The molecule has 16 heavy (non-hydrogen) atoms. The molecular formula is C10H20O5S. The Hall–Kier alpha value is -0.620. The predicted octanol–water partition coefficient (Wildman–Crippen LogP) is 1.47. The molecule has 0 aromatic heterocycles. The van der Waals surface area contributed by atoms with Crippen molar-refractivity contribution in [2.75, 3.05) is 12.9 Å². The van der Waals surface area contributed by atoms with Gasteiger partial charge in [0, 0.05) is 6.42 Å². The first-order valence-corrected chi connectivity index (χ1v) is 6.98. The molecule has 0 heterocycles. The maximum Gasteiger partial charge on any atom is 0.306 e. The summed E-state index contributed by atoms with van der Waals surface area (Å²) < 4.78 is 30.8. The van der Waals surface area contributed by atoms with Gasteiger partial charge in [0.15, 0.2) is 0 Å². The van der Waals surface area contributed by atoms with Crippen molar-refractivity contribution in [2.24, 2.45) is 0 Å². The lowest BCUT2D eigenvalue weighted by Gasteiger charge is -2.19. The van der Waals surface area contributed by atoms with Gasteiger partial charge in [-0.1, -0.05) is 0 Å². The highest BCUT2D eigenvalue weighted by molar-refractivity contribution is 7.85. The molecule has 0 bridgehead atoms. The second-order valence-electron chi connectivity index (χ2n) is 4.57. The smallest absolute Gasteiger partial charge is 0.306 e. The molecule has 0 aromatic carbocycles. The first-order valence-electron chi connectivity index (χ1n) is 5.16. The minimum absolute atomic E-state index is 0.113. The van der Waals surface area contributed by atoms with Crippen LogP contribution in [0.2, 0.25) is 0 Å². The molecule has 6 heteroatoms. The van der Waals surface area contributed by atoms with Crippen LogP contribution in [0.4, 0.5) is 0 Å².